The van der Waals surface area contributed by atoms with Gasteiger partial charge in [0.2, 0.25) is 5.65 Å². The molecule has 21 heavy (non-hydrogen) atoms. The molecule has 1 aliphatic heterocycles. The van der Waals surface area contributed by atoms with Crippen molar-refractivity contribution in [2.75, 3.05) is 11.4 Å². The minimum absolute atomic E-state index is 0.345. The quantitative estimate of drug-likeness (QED) is 0.716. The molecule has 3 heterocycles. The first kappa shape index (κ1) is 12.8. The molecular formula is C15H14BrN5. The zero-order valence-corrected chi connectivity index (χ0v) is 12.9. The van der Waals surface area contributed by atoms with Gasteiger partial charge in [0, 0.05) is 23.4 Å². The lowest BCUT2D eigenvalue weighted by Crippen LogP contribution is -2.24. The topological polar surface area (TPSA) is 46.3 Å². The molecule has 3 aromatic rings. The Kier molecular flexibility index (Phi) is 3.11. The first-order valence-corrected chi connectivity index (χ1v) is 7.79. The first-order valence-electron chi connectivity index (χ1n) is 6.99. The van der Waals surface area contributed by atoms with Gasteiger partial charge in [-0.25, -0.2) is 4.98 Å². The minimum Gasteiger partial charge on any atom is -0.346 e. The highest BCUT2D eigenvalue weighted by Gasteiger charge is 2.29. The Labute approximate surface area is 130 Å². The van der Waals surface area contributed by atoms with Gasteiger partial charge in [0.05, 0.1) is 6.04 Å². The lowest BCUT2D eigenvalue weighted by Gasteiger charge is -2.26. The fourth-order valence-corrected chi connectivity index (χ4v) is 3.45. The summed E-state index contributed by atoms with van der Waals surface area (Å²) in [5.41, 5.74) is 2.13. The maximum Gasteiger partial charge on any atom is 0.203 e. The highest BCUT2D eigenvalue weighted by atomic mass is 79.9. The van der Waals surface area contributed by atoms with Crippen molar-refractivity contribution >= 4 is 27.4 Å². The van der Waals surface area contributed by atoms with Crippen molar-refractivity contribution in [3.63, 3.8) is 0 Å². The SMILES string of the molecule is Brc1cccc([C@@H]2CCCN2c2nccn3cnnc23)c1. The Morgan fingerprint density at radius 3 is 3.14 bits per heavy atom. The molecule has 0 aliphatic carbocycles. The van der Waals surface area contributed by atoms with Gasteiger partial charge in [-0.2, -0.15) is 0 Å². The van der Waals surface area contributed by atoms with Gasteiger partial charge in [0.15, 0.2) is 5.82 Å². The van der Waals surface area contributed by atoms with Crippen LogP contribution in [0.1, 0.15) is 24.4 Å². The maximum absolute atomic E-state index is 4.55. The Bertz CT molecular complexity index is 784. The molecule has 4 rings (SSSR count). The molecule has 0 amide bonds. The van der Waals surface area contributed by atoms with Crippen molar-refractivity contribution in [1.29, 1.82) is 0 Å². The third kappa shape index (κ3) is 2.19. The van der Waals surface area contributed by atoms with E-state index in [4.69, 9.17) is 0 Å². The maximum atomic E-state index is 4.55. The van der Waals surface area contributed by atoms with Crippen molar-refractivity contribution < 1.29 is 0 Å². The van der Waals surface area contributed by atoms with Gasteiger partial charge in [-0.15, -0.1) is 10.2 Å². The second-order valence-electron chi connectivity index (χ2n) is 5.22. The van der Waals surface area contributed by atoms with E-state index in [1.54, 1.807) is 6.33 Å². The lowest BCUT2D eigenvalue weighted by molar-refractivity contribution is 0.711. The summed E-state index contributed by atoms with van der Waals surface area (Å²) >= 11 is 3.56. The van der Waals surface area contributed by atoms with Crippen molar-refractivity contribution in [3.05, 3.63) is 53.0 Å². The van der Waals surface area contributed by atoms with Crippen LogP contribution in [0.4, 0.5) is 5.82 Å². The number of benzene rings is 1. The predicted molar refractivity (Wildman–Crippen MR) is 84.2 cm³/mol. The molecule has 1 aliphatic rings. The molecule has 5 nitrogen and oxygen atoms in total. The van der Waals surface area contributed by atoms with Crippen LogP contribution in [0.3, 0.4) is 0 Å². The summed E-state index contributed by atoms with van der Waals surface area (Å²) in [4.78, 5) is 6.89. The van der Waals surface area contributed by atoms with Crippen LogP contribution >= 0.6 is 15.9 Å². The highest BCUT2D eigenvalue weighted by molar-refractivity contribution is 9.10. The average Bonchev–Trinajstić information content (AvgIpc) is 3.16. The van der Waals surface area contributed by atoms with Crippen LogP contribution in [0.2, 0.25) is 0 Å². The van der Waals surface area contributed by atoms with Gasteiger partial charge < -0.3 is 4.90 Å². The summed E-state index contributed by atoms with van der Waals surface area (Å²) < 4.78 is 3.03. The second-order valence-corrected chi connectivity index (χ2v) is 6.13. The number of aromatic nitrogens is 4. The van der Waals surface area contributed by atoms with E-state index in [-0.39, 0.29) is 0 Å². The van der Waals surface area contributed by atoms with E-state index < -0.39 is 0 Å². The van der Waals surface area contributed by atoms with E-state index in [9.17, 15) is 0 Å². The van der Waals surface area contributed by atoms with Crippen molar-refractivity contribution in [2.45, 2.75) is 18.9 Å². The summed E-state index contributed by atoms with van der Waals surface area (Å²) in [6.45, 7) is 0.997. The standard InChI is InChI=1S/C15H14BrN5/c16-12-4-1-3-11(9-12)13-5-2-7-21(13)14-15-19-18-10-20(15)8-6-17-14/h1,3-4,6,8-10,13H,2,5,7H2/t13-/m0/s1. The molecule has 1 fully saturated rings. The number of anilines is 1. The van der Waals surface area contributed by atoms with Gasteiger partial charge in [0.1, 0.15) is 6.33 Å². The van der Waals surface area contributed by atoms with Crippen molar-refractivity contribution in [2.24, 2.45) is 0 Å². The summed E-state index contributed by atoms with van der Waals surface area (Å²) in [6.07, 6.45) is 7.69. The number of rotatable bonds is 2. The van der Waals surface area contributed by atoms with E-state index in [1.165, 1.54) is 5.56 Å². The number of hydrogen-bond donors (Lipinski definition) is 0. The number of fused-ring (bicyclic) bond motifs is 1. The van der Waals surface area contributed by atoms with Gasteiger partial charge in [-0.3, -0.25) is 4.40 Å². The van der Waals surface area contributed by atoms with E-state index in [1.807, 2.05) is 16.8 Å². The molecule has 0 saturated carbocycles. The normalized spacial score (nSPS) is 18.5. The first-order chi connectivity index (χ1) is 10.3. The largest absolute Gasteiger partial charge is 0.346 e. The van der Waals surface area contributed by atoms with Crippen molar-refractivity contribution in [1.82, 2.24) is 19.6 Å². The fraction of sp³-hybridized carbons (Fsp3) is 0.267. The van der Waals surface area contributed by atoms with Gasteiger partial charge in [0.25, 0.3) is 0 Å². The molecule has 0 spiro atoms. The molecule has 2 aromatic heterocycles. The summed E-state index contributed by atoms with van der Waals surface area (Å²) in [6, 6.07) is 8.85. The van der Waals surface area contributed by atoms with E-state index in [2.05, 4.69) is 60.3 Å². The van der Waals surface area contributed by atoms with E-state index >= 15 is 0 Å². The molecule has 1 atom stereocenters. The molecule has 0 N–H and O–H groups in total. The third-order valence-electron chi connectivity index (χ3n) is 3.96. The summed E-state index contributed by atoms with van der Waals surface area (Å²) in [5, 5.41) is 8.19. The summed E-state index contributed by atoms with van der Waals surface area (Å²) in [7, 11) is 0. The van der Waals surface area contributed by atoms with Crippen LogP contribution in [-0.4, -0.2) is 26.1 Å². The predicted octanol–water partition coefficient (Wildman–Crippen LogP) is 3.23. The zero-order valence-electron chi connectivity index (χ0n) is 11.4. The molecule has 1 aromatic carbocycles. The lowest BCUT2D eigenvalue weighted by atomic mass is 10.0. The van der Waals surface area contributed by atoms with Crippen LogP contribution in [0.15, 0.2) is 47.5 Å². The molecule has 0 unspecified atom stereocenters. The minimum atomic E-state index is 0.345. The Morgan fingerprint density at radius 2 is 2.24 bits per heavy atom. The van der Waals surface area contributed by atoms with Gasteiger partial charge in [-0.05, 0) is 30.5 Å². The average molecular weight is 344 g/mol. The monoisotopic (exact) mass is 343 g/mol. The van der Waals surface area contributed by atoms with Crippen molar-refractivity contribution in [3.8, 4) is 0 Å². The van der Waals surface area contributed by atoms with Crippen LogP contribution in [0, 0.1) is 0 Å². The van der Waals surface area contributed by atoms with Crippen LogP contribution in [0.5, 0.6) is 0 Å². The molecule has 106 valence electrons. The van der Waals surface area contributed by atoms with E-state index in [0.717, 1.165) is 35.3 Å². The Balaban J connectivity index is 1.78. The third-order valence-corrected chi connectivity index (χ3v) is 4.45. The fourth-order valence-electron chi connectivity index (χ4n) is 3.03. The number of halogens is 1. The van der Waals surface area contributed by atoms with Crippen LogP contribution < -0.4 is 4.90 Å². The molecular weight excluding hydrogens is 330 g/mol. The molecule has 1 saturated heterocycles. The van der Waals surface area contributed by atoms with Gasteiger partial charge >= 0.3 is 0 Å². The molecule has 6 heteroatoms. The highest BCUT2D eigenvalue weighted by Crippen LogP contribution is 2.36. The molecule has 0 radical (unpaired) electrons. The Morgan fingerprint density at radius 1 is 1.29 bits per heavy atom. The number of nitrogens with zero attached hydrogens (tertiary/aromatic N) is 5. The zero-order chi connectivity index (χ0) is 14.2. The van der Waals surface area contributed by atoms with Crippen LogP contribution in [0.25, 0.3) is 5.65 Å². The summed E-state index contributed by atoms with van der Waals surface area (Å²) in [5.74, 6) is 0.914. The van der Waals surface area contributed by atoms with Gasteiger partial charge in [-0.1, -0.05) is 28.1 Å². The van der Waals surface area contributed by atoms with E-state index in [0.29, 0.717) is 6.04 Å². The second kappa shape index (κ2) is 5.11. The van der Waals surface area contributed by atoms with Crippen LogP contribution in [-0.2, 0) is 0 Å². The smallest absolute Gasteiger partial charge is 0.203 e. The number of hydrogen-bond acceptors (Lipinski definition) is 4. The Hall–Kier alpha value is -1.95. The molecule has 0 bridgehead atoms.